The summed E-state index contributed by atoms with van der Waals surface area (Å²) in [6.07, 6.45) is 10.4. The normalized spacial score (nSPS) is 10.8. The topological polar surface area (TPSA) is 69.0 Å². The van der Waals surface area contributed by atoms with Crippen molar-refractivity contribution in [1.82, 2.24) is 14.8 Å². The Labute approximate surface area is 152 Å². The largest absolute Gasteiger partial charge is 0.494 e. The van der Waals surface area contributed by atoms with Crippen molar-refractivity contribution >= 4 is 17.7 Å². The van der Waals surface area contributed by atoms with E-state index in [0.29, 0.717) is 12.3 Å². The summed E-state index contributed by atoms with van der Waals surface area (Å²) < 4.78 is 7.18. The van der Waals surface area contributed by atoms with Gasteiger partial charge < -0.3 is 10.1 Å². The number of hydrogen-bond donors (Lipinski definition) is 1. The molecule has 1 aromatic carbocycles. The van der Waals surface area contributed by atoms with Gasteiger partial charge >= 0.3 is 0 Å². The number of nitrogens with one attached hydrogen (secondary N) is 1. The van der Waals surface area contributed by atoms with Crippen molar-refractivity contribution in [2.24, 2.45) is 7.05 Å². The zero-order valence-electron chi connectivity index (χ0n) is 14.7. The number of benzene rings is 1. The predicted molar refractivity (Wildman–Crippen MR) is 102 cm³/mol. The molecule has 0 aliphatic heterocycles. The van der Waals surface area contributed by atoms with Crippen LogP contribution in [0.1, 0.15) is 12.5 Å². The summed E-state index contributed by atoms with van der Waals surface area (Å²) in [5, 5.41) is 7.02. The fourth-order valence-corrected chi connectivity index (χ4v) is 2.54. The van der Waals surface area contributed by atoms with E-state index in [1.807, 2.05) is 44.4 Å². The molecule has 6 nitrogen and oxygen atoms in total. The number of carbonyl (C=O) groups excluding carboxylic acids is 1. The number of ether oxygens (including phenoxy) is 1. The van der Waals surface area contributed by atoms with Crippen LogP contribution < -0.4 is 10.1 Å². The highest BCUT2D eigenvalue weighted by Crippen LogP contribution is 2.23. The Morgan fingerprint density at radius 2 is 2.19 bits per heavy atom. The molecule has 0 aliphatic rings. The Bertz CT molecular complexity index is 931. The number of hydrogen-bond acceptors (Lipinski definition) is 4. The highest BCUT2D eigenvalue weighted by atomic mass is 16.5. The standard InChI is InChI=1S/C20H20N4O2/c1-3-26-18-6-4-5-17(11-18)23-20(25)8-7-15-12-21-10-9-19(15)16-13-22-24(2)14-16/h4-14H,3H2,1-2H3,(H,23,25). The van der Waals surface area contributed by atoms with Gasteiger partial charge in [-0.05, 0) is 36.8 Å². The molecule has 3 aromatic rings. The second kappa shape index (κ2) is 8.11. The van der Waals surface area contributed by atoms with Crippen LogP contribution in [0.4, 0.5) is 5.69 Å². The molecule has 26 heavy (non-hydrogen) atoms. The van der Waals surface area contributed by atoms with Crippen LogP contribution in [0, 0.1) is 0 Å². The maximum atomic E-state index is 12.2. The summed E-state index contributed by atoms with van der Waals surface area (Å²) >= 11 is 0. The molecule has 0 spiro atoms. The number of anilines is 1. The number of amides is 1. The quantitative estimate of drug-likeness (QED) is 0.692. The molecule has 132 valence electrons. The van der Waals surface area contributed by atoms with Crippen LogP contribution in [-0.2, 0) is 11.8 Å². The Morgan fingerprint density at radius 1 is 1.31 bits per heavy atom. The van der Waals surface area contributed by atoms with Crippen molar-refractivity contribution in [3.63, 3.8) is 0 Å². The van der Waals surface area contributed by atoms with Gasteiger partial charge in [0.05, 0.1) is 12.8 Å². The average molecular weight is 348 g/mol. The molecule has 3 rings (SSSR count). The predicted octanol–water partition coefficient (Wildman–Crippen LogP) is 3.53. The van der Waals surface area contributed by atoms with Gasteiger partial charge in [0.25, 0.3) is 0 Å². The van der Waals surface area contributed by atoms with Crippen LogP contribution in [0.15, 0.2) is 61.2 Å². The van der Waals surface area contributed by atoms with E-state index in [9.17, 15) is 4.79 Å². The van der Waals surface area contributed by atoms with E-state index in [1.54, 1.807) is 35.4 Å². The van der Waals surface area contributed by atoms with Crippen LogP contribution in [0.5, 0.6) is 5.75 Å². The summed E-state index contributed by atoms with van der Waals surface area (Å²) in [6, 6.07) is 9.21. The zero-order valence-corrected chi connectivity index (χ0v) is 14.7. The lowest BCUT2D eigenvalue weighted by molar-refractivity contribution is -0.111. The summed E-state index contributed by atoms with van der Waals surface area (Å²) in [7, 11) is 1.87. The molecule has 2 aromatic heterocycles. The lowest BCUT2D eigenvalue weighted by Gasteiger charge is -2.06. The third-order valence-corrected chi connectivity index (χ3v) is 3.69. The highest BCUT2D eigenvalue weighted by molar-refractivity contribution is 6.02. The molecule has 6 heteroatoms. The molecule has 0 atom stereocenters. The van der Waals surface area contributed by atoms with Gasteiger partial charge in [-0.2, -0.15) is 5.10 Å². The second-order valence-corrected chi connectivity index (χ2v) is 5.65. The monoisotopic (exact) mass is 348 g/mol. The Kier molecular flexibility index (Phi) is 5.43. The van der Waals surface area contributed by atoms with E-state index >= 15 is 0 Å². The molecule has 1 N–H and O–H groups in total. The third kappa shape index (κ3) is 4.36. The van der Waals surface area contributed by atoms with Gasteiger partial charge in [0, 0.05) is 54.6 Å². The van der Waals surface area contributed by atoms with Gasteiger partial charge in [0.2, 0.25) is 5.91 Å². The molecule has 2 heterocycles. The van der Waals surface area contributed by atoms with Crippen molar-refractivity contribution in [1.29, 1.82) is 0 Å². The smallest absolute Gasteiger partial charge is 0.248 e. The van der Waals surface area contributed by atoms with E-state index in [2.05, 4.69) is 15.4 Å². The summed E-state index contributed by atoms with van der Waals surface area (Å²) in [6.45, 7) is 2.50. The molecule has 0 aliphatic carbocycles. The molecular formula is C20H20N4O2. The van der Waals surface area contributed by atoms with Gasteiger partial charge in [-0.25, -0.2) is 0 Å². The maximum absolute atomic E-state index is 12.2. The van der Waals surface area contributed by atoms with E-state index in [-0.39, 0.29) is 5.91 Å². The van der Waals surface area contributed by atoms with Gasteiger partial charge in [0.1, 0.15) is 5.75 Å². The minimum absolute atomic E-state index is 0.223. The first-order valence-electron chi connectivity index (χ1n) is 8.30. The Hall–Kier alpha value is -3.41. The second-order valence-electron chi connectivity index (χ2n) is 5.65. The van der Waals surface area contributed by atoms with Crippen molar-refractivity contribution in [2.75, 3.05) is 11.9 Å². The first kappa shape index (κ1) is 17.4. The van der Waals surface area contributed by atoms with Crippen molar-refractivity contribution < 1.29 is 9.53 Å². The van der Waals surface area contributed by atoms with Crippen LogP contribution >= 0.6 is 0 Å². The van der Waals surface area contributed by atoms with E-state index in [4.69, 9.17) is 4.74 Å². The van der Waals surface area contributed by atoms with Crippen LogP contribution in [0.3, 0.4) is 0 Å². The third-order valence-electron chi connectivity index (χ3n) is 3.69. The lowest BCUT2D eigenvalue weighted by Crippen LogP contribution is -2.07. The Morgan fingerprint density at radius 3 is 2.96 bits per heavy atom. The maximum Gasteiger partial charge on any atom is 0.248 e. The molecular weight excluding hydrogens is 328 g/mol. The number of rotatable bonds is 6. The Balaban J connectivity index is 1.74. The first-order valence-corrected chi connectivity index (χ1v) is 8.30. The number of aryl methyl sites for hydroxylation is 1. The van der Waals surface area contributed by atoms with Crippen LogP contribution in [0.2, 0.25) is 0 Å². The van der Waals surface area contributed by atoms with E-state index in [1.165, 1.54) is 6.08 Å². The molecule has 0 bridgehead atoms. The van der Waals surface area contributed by atoms with Gasteiger partial charge in [-0.3, -0.25) is 14.5 Å². The fraction of sp³-hybridized carbons (Fsp3) is 0.150. The number of nitrogens with zero attached hydrogens (tertiary/aromatic N) is 3. The minimum Gasteiger partial charge on any atom is -0.494 e. The van der Waals surface area contributed by atoms with Crippen molar-refractivity contribution in [3.05, 3.63) is 66.8 Å². The van der Waals surface area contributed by atoms with Crippen LogP contribution in [-0.4, -0.2) is 27.3 Å². The van der Waals surface area contributed by atoms with Gasteiger partial charge in [-0.1, -0.05) is 6.07 Å². The minimum atomic E-state index is -0.223. The fourth-order valence-electron chi connectivity index (χ4n) is 2.54. The zero-order chi connectivity index (χ0) is 18.4. The average Bonchev–Trinajstić information content (AvgIpc) is 3.07. The number of carbonyl (C=O) groups is 1. The summed E-state index contributed by atoms with van der Waals surface area (Å²) in [5.74, 6) is 0.500. The molecule has 0 saturated carbocycles. The molecule has 0 radical (unpaired) electrons. The molecule has 0 saturated heterocycles. The van der Waals surface area contributed by atoms with Gasteiger partial charge in [0.15, 0.2) is 0 Å². The molecule has 1 amide bonds. The highest BCUT2D eigenvalue weighted by Gasteiger charge is 2.06. The summed E-state index contributed by atoms with van der Waals surface area (Å²) in [5.41, 5.74) is 3.47. The summed E-state index contributed by atoms with van der Waals surface area (Å²) in [4.78, 5) is 16.4. The van der Waals surface area contributed by atoms with E-state index in [0.717, 1.165) is 22.4 Å². The first-order chi connectivity index (χ1) is 12.7. The van der Waals surface area contributed by atoms with Crippen LogP contribution in [0.25, 0.3) is 17.2 Å². The number of pyridine rings is 1. The number of aromatic nitrogens is 3. The van der Waals surface area contributed by atoms with Crippen molar-refractivity contribution in [2.45, 2.75) is 6.92 Å². The SMILES string of the molecule is CCOc1cccc(NC(=O)C=Cc2cnccc2-c2cnn(C)c2)c1. The lowest BCUT2D eigenvalue weighted by atomic mass is 10.0. The van der Waals surface area contributed by atoms with Crippen molar-refractivity contribution in [3.8, 4) is 16.9 Å². The van der Waals surface area contributed by atoms with Gasteiger partial charge in [-0.15, -0.1) is 0 Å². The molecule has 0 fully saturated rings. The van der Waals surface area contributed by atoms with E-state index < -0.39 is 0 Å². The molecule has 0 unspecified atom stereocenters.